The van der Waals surface area contributed by atoms with E-state index in [2.05, 4.69) is 10.3 Å². The molecule has 1 aromatic heterocycles. The van der Waals surface area contributed by atoms with E-state index in [4.69, 9.17) is 4.74 Å². The molecular weight excluding hydrogens is 224 g/mol. The smallest absolute Gasteiger partial charge is 0.323 e. The lowest BCUT2D eigenvalue weighted by molar-refractivity contribution is -0.144. The quantitative estimate of drug-likeness (QED) is 0.802. The van der Waals surface area contributed by atoms with Crippen LogP contribution in [0.5, 0.6) is 0 Å². The number of esters is 1. The average Bonchev–Trinajstić information content (AvgIpc) is 2.77. The number of hydrogen-bond donors (Lipinski definition) is 1. The van der Waals surface area contributed by atoms with Crippen LogP contribution >= 0.6 is 11.3 Å². The minimum absolute atomic E-state index is 0.0616. The summed E-state index contributed by atoms with van der Waals surface area (Å²) in [4.78, 5) is 15.8. The van der Waals surface area contributed by atoms with Gasteiger partial charge >= 0.3 is 5.97 Å². The fourth-order valence-electron chi connectivity index (χ4n) is 1.45. The SMILES string of the molecule is COC(=O)[C@@H](NC(C)c1nccs1)C(C)C. The first-order valence-electron chi connectivity index (χ1n) is 5.29. The van der Waals surface area contributed by atoms with E-state index in [0.717, 1.165) is 5.01 Å². The molecule has 90 valence electrons. The van der Waals surface area contributed by atoms with E-state index in [1.165, 1.54) is 7.11 Å². The number of rotatable bonds is 5. The van der Waals surface area contributed by atoms with Crippen molar-refractivity contribution in [2.24, 2.45) is 5.92 Å². The average molecular weight is 242 g/mol. The van der Waals surface area contributed by atoms with Crippen molar-refractivity contribution in [1.29, 1.82) is 0 Å². The Labute approximate surface area is 100 Å². The number of nitrogens with one attached hydrogen (secondary N) is 1. The van der Waals surface area contributed by atoms with Crippen LogP contribution in [0.2, 0.25) is 0 Å². The van der Waals surface area contributed by atoms with Crippen molar-refractivity contribution >= 4 is 17.3 Å². The van der Waals surface area contributed by atoms with E-state index >= 15 is 0 Å². The van der Waals surface area contributed by atoms with Gasteiger partial charge in [-0.15, -0.1) is 11.3 Å². The second-order valence-corrected chi connectivity index (χ2v) is 4.93. The van der Waals surface area contributed by atoms with Crippen LogP contribution in [-0.2, 0) is 9.53 Å². The van der Waals surface area contributed by atoms with Gasteiger partial charge in [-0.25, -0.2) is 4.98 Å². The molecule has 1 rings (SSSR count). The van der Waals surface area contributed by atoms with Crippen molar-refractivity contribution in [3.8, 4) is 0 Å². The highest BCUT2D eigenvalue weighted by molar-refractivity contribution is 7.09. The minimum atomic E-state index is -0.288. The summed E-state index contributed by atoms with van der Waals surface area (Å²) < 4.78 is 4.77. The summed E-state index contributed by atoms with van der Waals surface area (Å²) in [6, 6.07) is -0.226. The molecule has 0 saturated heterocycles. The zero-order valence-electron chi connectivity index (χ0n) is 10.1. The Morgan fingerprint density at radius 1 is 1.50 bits per heavy atom. The van der Waals surface area contributed by atoms with Crippen LogP contribution in [0.15, 0.2) is 11.6 Å². The number of thiazole rings is 1. The van der Waals surface area contributed by atoms with Crippen LogP contribution in [-0.4, -0.2) is 24.1 Å². The van der Waals surface area contributed by atoms with Gasteiger partial charge in [0.25, 0.3) is 0 Å². The van der Waals surface area contributed by atoms with Gasteiger partial charge in [0.2, 0.25) is 0 Å². The van der Waals surface area contributed by atoms with Crippen LogP contribution in [0, 0.1) is 5.92 Å². The van der Waals surface area contributed by atoms with Crippen LogP contribution < -0.4 is 5.32 Å². The molecule has 0 radical (unpaired) electrons. The van der Waals surface area contributed by atoms with Crippen molar-refractivity contribution in [2.45, 2.75) is 32.9 Å². The fourth-order valence-corrected chi connectivity index (χ4v) is 2.10. The lowest BCUT2D eigenvalue weighted by Crippen LogP contribution is -2.42. The molecule has 0 aromatic carbocycles. The van der Waals surface area contributed by atoms with Crippen molar-refractivity contribution in [2.75, 3.05) is 7.11 Å². The highest BCUT2D eigenvalue weighted by Gasteiger charge is 2.25. The van der Waals surface area contributed by atoms with Crippen LogP contribution in [0.1, 0.15) is 31.8 Å². The second kappa shape index (κ2) is 5.96. The number of carbonyl (C=O) groups excluding carboxylic acids is 1. The summed E-state index contributed by atoms with van der Waals surface area (Å²) in [5, 5.41) is 6.15. The largest absolute Gasteiger partial charge is 0.468 e. The Morgan fingerprint density at radius 2 is 2.19 bits per heavy atom. The molecule has 1 unspecified atom stereocenters. The monoisotopic (exact) mass is 242 g/mol. The van der Waals surface area contributed by atoms with E-state index in [0.29, 0.717) is 0 Å². The van der Waals surface area contributed by atoms with Crippen LogP contribution in [0.4, 0.5) is 0 Å². The first kappa shape index (κ1) is 13.1. The molecule has 1 N–H and O–H groups in total. The highest BCUT2D eigenvalue weighted by Crippen LogP contribution is 2.17. The Morgan fingerprint density at radius 3 is 2.62 bits per heavy atom. The topological polar surface area (TPSA) is 51.2 Å². The van der Waals surface area contributed by atoms with Gasteiger partial charge in [0.15, 0.2) is 0 Å². The molecule has 0 aliphatic rings. The van der Waals surface area contributed by atoms with Crippen molar-refractivity contribution in [1.82, 2.24) is 10.3 Å². The summed E-state index contributed by atoms with van der Waals surface area (Å²) in [6.07, 6.45) is 1.76. The third kappa shape index (κ3) is 3.28. The Balaban J connectivity index is 2.65. The predicted molar refractivity (Wildman–Crippen MR) is 64.3 cm³/mol. The molecule has 16 heavy (non-hydrogen) atoms. The summed E-state index contributed by atoms with van der Waals surface area (Å²) in [5.74, 6) is -0.0340. The highest BCUT2D eigenvalue weighted by atomic mass is 32.1. The Bertz CT molecular complexity index is 325. The summed E-state index contributed by atoms with van der Waals surface area (Å²) in [6.45, 7) is 5.98. The van der Waals surface area contributed by atoms with Crippen molar-refractivity contribution < 1.29 is 9.53 Å². The molecule has 4 nitrogen and oxygen atoms in total. The molecule has 0 saturated carbocycles. The van der Waals surface area contributed by atoms with E-state index in [1.54, 1.807) is 17.5 Å². The molecule has 0 amide bonds. The Kier molecular flexibility index (Phi) is 4.89. The molecule has 5 heteroatoms. The molecule has 0 aliphatic heterocycles. The van der Waals surface area contributed by atoms with Crippen LogP contribution in [0.3, 0.4) is 0 Å². The number of methoxy groups -OCH3 is 1. The molecule has 1 heterocycles. The van der Waals surface area contributed by atoms with Gasteiger partial charge in [0, 0.05) is 11.6 Å². The normalized spacial score (nSPS) is 14.8. The van der Waals surface area contributed by atoms with E-state index in [1.807, 2.05) is 26.2 Å². The van der Waals surface area contributed by atoms with Gasteiger partial charge in [-0.1, -0.05) is 13.8 Å². The molecule has 0 bridgehead atoms. The summed E-state index contributed by atoms with van der Waals surface area (Å²) in [5.41, 5.74) is 0. The molecule has 0 spiro atoms. The van der Waals surface area contributed by atoms with Gasteiger partial charge in [0.1, 0.15) is 11.0 Å². The zero-order chi connectivity index (χ0) is 12.1. The minimum Gasteiger partial charge on any atom is -0.468 e. The molecule has 1 aromatic rings. The number of aromatic nitrogens is 1. The van der Waals surface area contributed by atoms with Gasteiger partial charge < -0.3 is 4.74 Å². The predicted octanol–water partition coefficient (Wildman–Crippen LogP) is 1.99. The van der Waals surface area contributed by atoms with Gasteiger partial charge in [-0.3, -0.25) is 10.1 Å². The molecular formula is C11H18N2O2S. The first-order valence-corrected chi connectivity index (χ1v) is 6.17. The lowest BCUT2D eigenvalue weighted by atomic mass is 10.0. The van der Waals surface area contributed by atoms with Crippen molar-refractivity contribution in [3.05, 3.63) is 16.6 Å². The third-order valence-corrected chi connectivity index (χ3v) is 3.33. The first-order chi connectivity index (χ1) is 7.56. The second-order valence-electron chi connectivity index (χ2n) is 4.00. The van der Waals surface area contributed by atoms with E-state index < -0.39 is 0 Å². The number of ether oxygens (including phenoxy) is 1. The maximum Gasteiger partial charge on any atom is 0.323 e. The Hall–Kier alpha value is -0.940. The van der Waals surface area contributed by atoms with E-state index in [9.17, 15) is 4.79 Å². The van der Waals surface area contributed by atoms with Gasteiger partial charge in [-0.05, 0) is 12.8 Å². The maximum absolute atomic E-state index is 11.6. The molecule has 0 aliphatic carbocycles. The number of carbonyl (C=O) groups is 1. The third-order valence-electron chi connectivity index (χ3n) is 2.37. The lowest BCUT2D eigenvalue weighted by Gasteiger charge is -2.23. The van der Waals surface area contributed by atoms with Gasteiger partial charge in [-0.2, -0.15) is 0 Å². The number of hydrogen-bond acceptors (Lipinski definition) is 5. The van der Waals surface area contributed by atoms with Gasteiger partial charge in [0.05, 0.1) is 13.2 Å². The number of nitrogens with zero attached hydrogens (tertiary/aromatic N) is 1. The molecule has 0 fully saturated rings. The summed E-state index contributed by atoms with van der Waals surface area (Å²) in [7, 11) is 1.41. The zero-order valence-corrected chi connectivity index (χ0v) is 10.9. The maximum atomic E-state index is 11.6. The summed E-state index contributed by atoms with van der Waals surface area (Å²) >= 11 is 1.58. The van der Waals surface area contributed by atoms with Crippen molar-refractivity contribution in [3.63, 3.8) is 0 Å². The fraction of sp³-hybridized carbons (Fsp3) is 0.636. The standard InChI is InChI=1S/C11H18N2O2S/c1-7(2)9(11(14)15-4)13-8(3)10-12-5-6-16-10/h5-9,13H,1-4H3/t8?,9-/m0/s1. The molecule has 2 atom stereocenters. The van der Waals surface area contributed by atoms with E-state index in [-0.39, 0.29) is 24.0 Å². The van der Waals surface area contributed by atoms with Crippen LogP contribution in [0.25, 0.3) is 0 Å².